The summed E-state index contributed by atoms with van der Waals surface area (Å²) in [6.45, 7) is 7.05. The molecule has 3 rings (SSSR count). The van der Waals surface area contributed by atoms with Crippen molar-refractivity contribution in [3.05, 3.63) is 29.0 Å². The Bertz CT molecular complexity index is 677. The molecule has 1 saturated heterocycles. The van der Waals surface area contributed by atoms with Crippen molar-refractivity contribution in [3.8, 4) is 0 Å². The number of imidazole rings is 1. The molecule has 0 amide bonds. The van der Waals surface area contributed by atoms with E-state index in [-0.39, 0.29) is 5.92 Å². The van der Waals surface area contributed by atoms with Crippen LogP contribution in [0.25, 0.3) is 11.0 Å². The van der Waals surface area contributed by atoms with Crippen LogP contribution in [0.5, 0.6) is 0 Å². The van der Waals surface area contributed by atoms with Crippen molar-refractivity contribution < 1.29 is 4.39 Å². The lowest BCUT2D eigenvalue weighted by Crippen LogP contribution is -2.35. The van der Waals surface area contributed by atoms with E-state index in [0.717, 1.165) is 60.3 Å². The number of hydrogen-bond donors (Lipinski definition) is 1. The third kappa shape index (κ3) is 5.18. The lowest BCUT2D eigenvalue weighted by Gasteiger charge is -2.32. The van der Waals surface area contributed by atoms with Gasteiger partial charge < -0.3 is 9.88 Å². The Hall–Kier alpha value is -1.13. The number of aromatic amines is 1. The lowest BCUT2D eigenvalue weighted by atomic mass is 9.88. The summed E-state index contributed by atoms with van der Waals surface area (Å²) in [6, 6.07) is 5.77. The Labute approximate surface area is 155 Å². The van der Waals surface area contributed by atoms with Gasteiger partial charge in [0.1, 0.15) is 5.82 Å². The first-order valence-electron chi connectivity index (χ1n) is 9.52. The summed E-state index contributed by atoms with van der Waals surface area (Å²) in [5.74, 6) is 2.00. The molecule has 1 aliphatic rings. The molecule has 138 valence electrons. The zero-order valence-electron chi connectivity index (χ0n) is 15.3. The number of fused-ring (bicyclic) bond motifs is 1. The van der Waals surface area contributed by atoms with Crippen LogP contribution in [0.4, 0.5) is 4.39 Å². The molecule has 1 N–H and O–H groups in total. The predicted molar refractivity (Wildman–Crippen MR) is 103 cm³/mol. The van der Waals surface area contributed by atoms with E-state index < -0.39 is 6.17 Å². The van der Waals surface area contributed by atoms with Gasteiger partial charge in [0.2, 0.25) is 0 Å². The highest BCUT2D eigenvalue weighted by Crippen LogP contribution is 2.25. The van der Waals surface area contributed by atoms with E-state index in [0.29, 0.717) is 0 Å². The summed E-state index contributed by atoms with van der Waals surface area (Å²) in [7, 11) is 0. The Morgan fingerprint density at radius 1 is 1.32 bits per heavy atom. The van der Waals surface area contributed by atoms with E-state index in [4.69, 9.17) is 11.6 Å². The molecule has 0 saturated carbocycles. The summed E-state index contributed by atoms with van der Waals surface area (Å²) in [5, 5.41) is 0.737. The number of alkyl halides is 1. The first-order chi connectivity index (χ1) is 12.0. The third-order valence-corrected chi connectivity index (χ3v) is 5.91. The maximum atomic E-state index is 13.2. The van der Waals surface area contributed by atoms with E-state index in [9.17, 15) is 4.39 Å². The van der Waals surface area contributed by atoms with Crippen molar-refractivity contribution >= 4 is 22.6 Å². The molecule has 3 nitrogen and oxygen atoms in total. The fraction of sp³-hybridized carbons (Fsp3) is 0.650. The maximum absolute atomic E-state index is 13.2. The highest BCUT2D eigenvalue weighted by atomic mass is 35.5. The smallest absolute Gasteiger partial charge is 0.108 e. The molecule has 2 atom stereocenters. The minimum atomic E-state index is -0.682. The summed E-state index contributed by atoms with van der Waals surface area (Å²) >= 11 is 6.03. The van der Waals surface area contributed by atoms with Gasteiger partial charge in [-0.3, -0.25) is 0 Å². The molecular weight excluding hydrogens is 337 g/mol. The van der Waals surface area contributed by atoms with Gasteiger partial charge in [-0.2, -0.15) is 0 Å². The van der Waals surface area contributed by atoms with Crippen molar-refractivity contribution in [2.24, 2.45) is 11.8 Å². The molecule has 2 aromatic rings. The van der Waals surface area contributed by atoms with Crippen molar-refractivity contribution in [3.63, 3.8) is 0 Å². The summed E-state index contributed by atoms with van der Waals surface area (Å²) in [5.41, 5.74) is 1.99. The molecule has 0 spiro atoms. The molecule has 2 heterocycles. The van der Waals surface area contributed by atoms with E-state index >= 15 is 0 Å². The van der Waals surface area contributed by atoms with Gasteiger partial charge in [-0.15, -0.1) is 0 Å². The average Bonchev–Trinajstić information content (AvgIpc) is 3.00. The summed E-state index contributed by atoms with van der Waals surface area (Å²) < 4.78 is 13.2. The second-order valence-electron chi connectivity index (χ2n) is 7.61. The van der Waals surface area contributed by atoms with Gasteiger partial charge in [0, 0.05) is 18.0 Å². The van der Waals surface area contributed by atoms with Crippen LogP contribution < -0.4 is 0 Å². The lowest BCUT2D eigenvalue weighted by molar-refractivity contribution is 0.166. The van der Waals surface area contributed by atoms with Crippen molar-refractivity contribution in [1.82, 2.24) is 14.9 Å². The van der Waals surface area contributed by atoms with E-state index in [1.54, 1.807) is 6.92 Å². The maximum Gasteiger partial charge on any atom is 0.108 e. The van der Waals surface area contributed by atoms with Gasteiger partial charge in [-0.25, -0.2) is 9.37 Å². The van der Waals surface area contributed by atoms with Crippen molar-refractivity contribution in [1.29, 1.82) is 0 Å². The minimum Gasteiger partial charge on any atom is -0.342 e. The van der Waals surface area contributed by atoms with Crippen LogP contribution >= 0.6 is 11.6 Å². The average molecular weight is 366 g/mol. The SMILES string of the molecule is CC(F)C(C)CCC1CCN(CCc2nc3ccc(Cl)cc3[nH]2)CC1. The number of benzene rings is 1. The Morgan fingerprint density at radius 2 is 2.08 bits per heavy atom. The molecular formula is C20H29ClFN3. The minimum absolute atomic E-state index is 0.194. The number of nitrogens with one attached hydrogen (secondary N) is 1. The zero-order chi connectivity index (χ0) is 17.8. The highest BCUT2D eigenvalue weighted by Gasteiger charge is 2.21. The van der Waals surface area contributed by atoms with Crippen molar-refractivity contribution in [2.45, 2.75) is 52.1 Å². The zero-order valence-corrected chi connectivity index (χ0v) is 16.0. The monoisotopic (exact) mass is 365 g/mol. The molecule has 25 heavy (non-hydrogen) atoms. The van der Waals surface area contributed by atoms with Gasteiger partial charge in [-0.05, 0) is 75.7 Å². The van der Waals surface area contributed by atoms with Gasteiger partial charge in [0.05, 0.1) is 17.2 Å². The fourth-order valence-electron chi connectivity index (χ4n) is 3.64. The van der Waals surface area contributed by atoms with E-state index in [2.05, 4.69) is 14.9 Å². The standard InChI is InChI=1S/C20H29ClFN3/c1-14(15(2)22)3-4-16-7-10-25(11-8-16)12-9-20-23-18-6-5-17(21)13-19(18)24-20/h5-6,13-16H,3-4,7-12H2,1-2H3,(H,23,24). The van der Waals surface area contributed by atoms with Gasteiger partial charge >= 0.3 is 0 Å². The largest absolute Gasteiger partial charge is 0.342 e. The van der Waals surface area contributed by atoms with Crippen LogP contribution in [0.3, 0.4) is 0 Å². The first kappa shape index (κ1) is 18.7. The molecule has 0 radical (unpaired) electrons. The topological polar surface area (TPSA) is 31.9 Å². The van der Waals surface area contributed by atoms with Gasteiger partial charge in [0.15, 0.2) is 0 Å². The van der Waals surface area contributed by atoms with Crippen LogP contribution in [0.15, 0.2) is 18.2 Å². The van der Waals surface area contributed by atoms with Crippen LogP contribution in [-0.2, 0) is 6.42 Å². The van der Waals surface area contributed by atoms with Crippen LogP contribution in [-0.4, -0.2) is 40.7 Å². The molecule has 1 fully saturated rings. The number of piperidine rings is 1. The molecule has 2 unspecified atom stereocenters. The predicted octanol–water partition coefficient (Wildman–Crippen LogP) is 5.25. The molecule has 1 aliphatic heterocycles. The number of rotatable bonds is 7. The van der Waals surface area contributed by atoms with E-state index in [1.165, 1.54) is 19.3 Å². The van der Waals surface area contributed by atoms with E-state index in [1.807, 2.05) is 25.1 Å². The van der Waals surface area contributed by atoms with Crippen LogP contribution in [0.1, 0.15) is 45.4 Å². The Morgan fingerprint density at radius 3 is 2.80 bits per heavy atom. The van der Waals surface area contributed by atoms with Crippen molar-refractivity contribution in [2.75, 3.05) is 19.6 Å². The molecule has 0 aliphatic carbocycles. The second-order valence-corrected chi connectivity index (χ2v) is 8.05. The number of aromatic nitrogens is 2. The number of nitrogens with zero attached hydrogens (tertiary/aromatic N) is 2. The van der Waals surface area contributed by atoms with Gasteiger partial charge in [0.25, 0.3) is 0 Å². The highest BCUT2D eigenvalue weighted by molar-refractivity contribution is 6.31. The quantitative estimate of drug-likeness (QED) is 0.727. The summed E-state index contributed by atoms with van der Waals surface area (Å²) in [4.78, 5) is 10.5. The number of H-pyrrole nitrogens is 1. The molecule has 5 heteroatoms. The van der Waals surface area contributed by atoms with Crippen LogP contribution in [0, 0.1) is 11.8 Å². The number of hydrogen-bond acceptors (Lipinski definition) is 2. The summed E-state index contributed by atoms with van der Waals surface area (Å²) in [6.07, 6.45) is 4.93. The normalized spacial score (nSPS) is 19.4. The second kappa shape index (κ2) is 8.50. The van der Waals surface area contributed by atoms with Gasteiger partial charge in [-0.1, -0.05) is 18.5 Å². The fourth-order valence-corrected chi connectivity index (χ4v) is 3.82. The Kier molecular flexibility index (Phi) is 6.34. The van der Waals surface area contributed by atoms with Crippen LogP contribution in [0.2, 0.25) is 5.02 Å². The number of likely N-dealkylation sites (tertiary alicyclic amines) is 1. The first-order valence-corrected chi connectivity index (χ1v) is 9.89. The molecule has 1 aromatic heterocycles. The molecule has 1 aromatic carbocycles. The molecule has 0 bridgehead atoms. The number of halogens is 2. The Balaban J connectivity index is 1.41. The third-order valence-electron chi connectivity index (χ3n) is 5.68.